The fourth-order valence-electron chi connectivity index (χ4n) is 0.0941. The first kappa shape index (κ1) is 8.44. The molecular formula is C5H8BrClO. The fraction of sp³-hybridized carbons (Fsp3) is 0.800. The molecule has 0 N–H and O–H groups in total. The Kier molecular flexibility index (Phi) is 2.99. The van der Waals surface area contributed by atoms with Crippen molar-refractivity contribution in [1.82, 2.24) is 0 Å². The van der Waals surface area contributed by atoms with Gasteiger partial charge in [-0.15, -0.1) is 11.6 Å². The zero-order chi connectivity index (χ0) is 6.78. The topological polar surface area (TPSA) is 17.1 Å². The first-order chi connectivity index (χ1) is 3.50. The molecule has 3 heteroatoms. The normalized spacial score (nSPS) is 17.5. The SMILES string of the molecule is CC(=O)C(C)(Cl)CBr. The lowest BCUT2D eigenvalue weighted by Crippen LogP contribution is -2.27. The van der Waals surface area contributed by atoms with Crippen LogP contribution in [0.3, 0.4) is 0 Å². The summed E-state index contributed by atoms with van der Waals surface area (Å²) in [5.41, 5.74) is 0. The Morgan fingerprint density at radius 1 is 1.88 bits per heavy atom. The molecule has 0 bridgehead atoms. The van der Waals surface area contributed by atoms with Crippen LogP contribution in [-0.4, -0.2) is 16.0 Å². The minimum absolute atomic E-state index is 0.00367. The van der Waals surface area contributed by atoms with Crippen LogP contribution < -0.4 is 0 Å². The number of alkyl halides is 2. The van der Waals surface area contributed by atoms with E-state index in [-0.39, 0.29) is 5.78 Å². The van der Waals surface area contributed by atoms with Crippen LogP contribution in [0.5, 0.6) is 0 Å². The van der Waals surface area contributed by atoms with Crippen molar-refractivity contribution in [3.05, 3.63) is 0 Å². The second-order valence-corrected chi connectivity index (χ2v) is 3.28. The van der Waals surface area contributed by atoms with Crippen molar-refractivity contribution in [3.63, 3.8) is 0 Å². The number of rotatable bonds is 2. The van der Waals surface area contributed by atoms with Crippen molar-refractivity contribution < 1.29 is 4.79 Å². The lowest BCUT2D eigenvalue weighted by molar-refractivity contribution is -0.118. The van der Waals surface area contributed by atoms with Crippen LogP contribution in [0, 0.1) is 0 Å². The molecule has 1 nitrogen and oxygen atoms in total. The van der Waals surface area contributed by atoms with Crippen LogP contribution in [0.15, 0.2) is 0 Å². The Hall–Kier alpha value is 0.440. The summed E-state index contributed by atoms with van der Waals surface area (Å²) >= 11 is 8.78. The van der Waals surface area contributed by atoms with E-state index in [4.69, 9.17) is 11.6 Å². The molecule has 0 heterocycles. The van der Waals surface area contributed by atoms with Crippen LogP contribution in [0.4, 0.5) is 0 Å². The quantitative estimate of drug-likeness (QED) is 0.622. The Bertz CT molecular complexity index is 101. The van der Waals surface area contributed by atoms with Gasteiger partial charge in [-0.2, -0.15) is 0 Å². The van der Waals surface area contributed by atoms with Crippen LogP contribution in [-0.2, 0) is 4.79 Å². The van der Waals surface area contributed by atoms with E-state index in [0.29, 0.717) is 5.33 Å². The average Bonchev–Trinajstić information content (AvgIpc) is 1.67. The Balaban J connectivity index is 3.91. The highest BCUT2D eigenvalue weighted by Gasteiger charge is 2.24. The zero-order valence-electron chi connectivity index (χ0n) is 4.87. The highest BCUT2D eigenvalue weighted by atomic mass is 79.9. The molecule has 0 aromatic carbocycles. The largest absolute Gasteiger partial charge is 0.298 e. The number of halogens is 2. The van der Waals surface area contributed by atoms with Gasteiger partial charge in [-0.05, 0) is 13.8 Å². The van der Waals surface area contributed by atoms with Gasteiger partial charge in [-0.1, -0.05) is 15.9 Å². The van der Waals surface area contributed by atoms with Gasteiger partial charge in [0.1, 0.15) is 4.87 Å². The molecule has 0 saturated carbocycles. The molecule has 8 heavy (non-hydrogen) atoms. The van der Waals surface area contributed by atoms with Crippen molar-refractivity contribution in [2.45, 2.75) is 18.7 Å². The summed E-state index contributed by atoms with van der Waals surface area (Å²) in [7, 11) is 0. The molecule has 0 radical (unpaired) electrons. The van der Waals surface area contributed by atoms with Crippen molar-refractivity contribution in [1.29, 1.82) is 0 Å². The standard InChI is InChI=1S/C5H8BrClO/c1-4(8)5(2,7)3-6/h3H2,1-2H3. The lowest BCUT2D eigenvalue weighted by Gasteiger charge is -2.12. The molecule has 0 rings (SSSR count). The van der Waals surface area contributed by atoms with E-state index in [1.165, 1.54) is 6.92 Å². The number of carbonyl (C=O) groups is 1. The Labute approximate surface area is 62.5 Å². The summed E-state index contributed by atoms with van der Waals surface area (Å²) in [5, 5.41) is 0.511. The molecule has 0 aromatic heterocycles. The number of hydrogen-bond donors (Lipinski definition) is 0. The summed E-state index contributed by atoms with van der Waals surface area (Å²) in [5.74, 6) is -0.00367. The maximum Gasteiger partial charge on any atom is 0.151 e. The number of hydrogen-bond acceptors (Lipinski definition) is 1. The number of carbonyl (C=O) groups excluding carboxylic acids is 1. The van der Waals surface area contributed by atoms with E-state index in [1.54, 1.807) is 6.92 Å². The Morgan fingerprint density at radius 3 is 2.25 bits per heavy atom. The van der Waals surface area contributed by atoms with E-state index >= 15 is 0 Å². The molecule has 0 fully saturated rings. The summed E-state index contributed by atoms with van der Waals surface area (Å²) in [4.78, 5) is 9.83. The van der Waals surface area contributed by atoms with Crippen LogP contribution in [0.25, 0.3) is 0 Å². The third-order valence-corrected chi connectivity index (χ3v) is 2.83. The molecule has 48 valence electrons. The maximum atomic E-state index is 10.5. The minimum atomic E-state index is -0.708. The van der Waals surface area contributed by atoms with Crippen molar-refractivity contribution in [3.8, 4) is 0 Å². The predicted octanol–water partition coefficient (Wildman–Crippen LogP) is 1.97. The van der Waals surface area contributed by atoms with Crippen LogP contribution in [0.2, 0.25) is 0 Å². The lowest BCUT2D eigenvalue weighted by atomic mass is 10.1. The molecule has 0 aromatic rings. The van der Waals surface area contributed by atoms with E-state index < -0.39 is 4.87 Å². The fourth-order valence-corrected chi connectivity index (χ4v) is 0.489. The Morgan fingerprint density at radius 2 is 2.25 bits per heavy atom. The first-order valence-corrected chi connectivity index (χ1v) is 3.76. The van der Waals surface area contributed by atoms with Gasteiger partial charge in [-0.3, -0.25) is 4.79 Å². The van der Waals surface area contributed by atoms with Gasteiger partial charge in [0, 0.05) is 5.33 Å². The third kappa shape index (κ3) is 2.14. The molecule has 1 atom stereocenters. The molecule has 1 unspecified atom stereocenters. The predicted molar refractivity (Wildman–Crippen MR) is 38.7 cm³/mol. The minimum Gasteiger partial charge on any atom is -0.298 e. The third-order valence-electron chi connectivity index (χ3n) is 0.985. The summed E-state index contributed by atoms with van der Waals surface area (Å²) in [6.07, 6.45) is 0. The van der Waals surface area contributed by atoms with E-state index in [9.17, 15) is 4.79 Å². The molecule has 0 amide bonds. The monoisotopic (exact) mass is 198 g/mol. The van der Waals surface area contributed by atoms with Gasteiger partial charge in [0.2, 0.25) is 0 Å². The number of ketones is 1. The van der Waals surface area contributed by atoms with Gasteiger partial charge in [0.05, 0.1) is 0 Å². The molecule has 0 spiro atoms. The van der Waals surface area contributed by atoms with Crippen LogP contribution >= 0.6 is 27.5 Å². The highest BCUT2D eigenvalue weighted by molar-refractivity contribution is 9.09. The van der Waals surface area contributed by atoms with Crippen molar-refractivity contribution in [2.24, 2.45) is 0 Å². The number of Topliss-reactive ketones (excluding diaryl/α,β-unsaturated/α-hetero) is 1. The zero-order valence-corrected chi connectivity index (χ0v) is 7.21. The van der Waals surface area contributed by atoms with E-state index in [2.05, 4.69) is 15.9 Å². The van der Waals surface area contributed by atoms with Gasteiger partial charge >= 0.3 is 0 Å². The first-order valence-electron chi connectivity index (χ1n) is 2.26. The van der Waals surface area contributed by atoms with Gasteiger partial charge in [-0.25, -0.2) is 0 Å². The highest BCUT2D eigenvalue weighted by Crippen LogP contribution is 2.17. The smallest absolute Gasteiger partial charge is 0.151 e. The van der Waals surface area contributed by atoms with Gasteiger partial charge < -0.3 is 0 Å². The molecular weight excluding hydrogens is 191 g/mol. The molecule has 0 aliphatic rings. The van der Waals surface area contributed by atoms with Gasteiger partial charge in [0.25, 0.3) is 0 Å². The van der Waals surface area contributed by atoms with E-state index in [1.807, 2.05) is 0 Å². The van der Waals surface area contributed by atoms with Crippen LogP contribution in [0.1, 0.15) is 13.8 Å². The van der Waals surface area contributed by atoms with Crippen molar-refractivity contribution >= 4 is 33.3 Å². The van der Waals surface area contributed by atoms with Gasteiger partial charge in [0.15, 0.2) is 5.78 Å². The summed E-state index contributed by atoms with van der Waals surface area (Å²) in [6.45, 7) is 3.17. The molecule has 0 aliphatic heterocycles. The second-order valence-electron chi connectivity index (χ2n) is 1.89. The summed E-state index contributed by atoms with van der Waals surface area (Å²) in [6, 6.07) is 0. The summed E-state index contributed by atoms with van der Waals surface area (Å²) < 4.78 is 0. The average molecular weight is 199 g/mol. The van der Waals surface area contributed by atoms with Crippen molar-refractivity contribution in [2.75, 3.05) is 5.33 Å². The molecule has 0 aliphatic carbocycles. The maximum absolute atomic E-state index is 10.5. The second kappa shape index (κ2) is 2.83. The van der Waals surface area contributed by atoms with E-state index in [0.717, 1.165) is 0 Å². The molecule has 0 saturated heterocycles.